The molecule has 1 aromatic heterocycles. The number of hydrogen-bond acceptors (Lipinski definition) is 4. The Hall–Kier alpha value is -1.42. The molecule has 1 aromatic rings. The first-order chi connectivity index (χ1) is 7.31. The predicted molar refractivity (Wildman–Crippen MR) is 59.9 cm³/mol. The molecule has 1 aliphatic rings. The van der Waals surface area contributed by atoms with E-state index >= 15 is 0 Å². The molecule has 2 rings (SSSR count). The van der Waals surface area contributed by atoms with Crippen LogP contribution in [0.15, 0.2) is 12.8 Å². The van der Waals surface area contributed by atoms with Crippen LogP contribution < -0.4 is 4.90 Å². The zero-order chi connectivity index (χ0) is 10.7. The summed E-state index contributed by atoms with van der Waals surface area (Å²) in [6, 6.07) is 0. The summed E-state index contributed by atoms with van der Waals surface area (Å²) in [5.41, 5.74) is 1.78. The Bertz CT molecular complexity index is 359. The van der Waals surface area contributed by atoms with E-state index in [9.17, 15) is 0 Å². The van der Waals surface area contributed by atoms with Gasteiger partial charge in [0.2, 0.25) is 0 Å². The van der Waals surface area contributed by atoms with Gasteiger partial charge in [-0.25, -0.2) is 4.98 Å². The van der Waals surface area contributed by atoms with Gasteiger partial charge in [-0.2, -0.15) is 0 Å². The maximum absolute atomic E-state index is 5.29. The molecule has 0 spiro atoms. The first-order valence-electron chi connectivity index (χ1n) is 5.10. The Balaban J connectivity index is 2.23. The maximum atomic E-state index is 5.29. The summed E-state index contributed by atoms with van der Waals surface area (Å²) >= 11 is 0. The Morgan fingerprint density at radius 2 is 2.20 bits per heavy atom. The summed E-state index contributed by atoms with van der Waals surface area (Å²) in [6.45, 7) is 8.96. The van der Waals surface area contributed by atoms with Crippen molar-refractivity contribution in [3.63, 3.8) is 0 Å². The van der Waals surface area contributed by atoms with Crippen LogP contribution in [0, 0.1) is 6.92 Å². The number of morpholine rings is 1. The molecule has 15 heavy (non-hydrogen) atoms. The second-order valence-corrected chi connectivity index (χ2v) is 3.50. The van der Waals surface area contributed by atoms with Gasteiger partial charge in [-0.05, 0) is 13.0 Å². The largest absolute Gasteiger partial charge is 0.378 e. The molecule has 4 heteroatoms. The van der Waals surface area contributed by atoms with Crippen molar-refractivity contribution < 1.29 is 4.74 Å². The second kappa shape index (κ2) is 4.40. The molecule has 0 aromatic carbocycles. The molecule has 4 nitrogen and oxygen atoms in total. The number of rotatable bonds is 2. The summed E-state index contributed by atoms with van der Waals surface area (Å²) in [5, 5.41) is 0. The molecule has 80 valence electrons. The molecule has 0 unspecified atom stereocenters. The van der Waals surface area contributed by atoms with Crippen LogP contribution in [-0.4, -0.2) is 36.3 Å². The summed E-state index contributed by atoms with van der Waals surface area (Å²) in [4.78, 5) is 11.0. The van der Waals surface area contributed by atoms with Gasteiger partial charge < -0.3 is 9.64 Å². The molecular weight excluding hydrogens is 190 g/mol. The Labute approximate surface area is 89.6 Å². The van der Waals surface area contributed by atoms with E-state index in [1.54, 1.807) is 6.08 Å². The molecule has 1 saturated heterocycles. The van der Waals surface area contributed by atoms with E-state index in [1.807, 2.05) is 13.1 Å². The lowest BCUT2D eigenvalue weighted by Gasteiger charge is -2.27. The van der Waals surface area contributed by atoms with Crippen molar-refractivity contribution >= 4 is 11.9 Å². The van der Waals surface area contributed by atoms with Gasteiger partial charge in [0.1, 0.15) is 5.82 Å². The fourth-order valence-corrected chi connectivity index (χ4v) is 1.59. The van der Waals surface area contributed by atoms with Crippen LogP contribution >= 0.6 is 0 Å². The Morgan fingerprint density at radius 1 is 1.47 bits per heavy atom. The highest BCUT2D eigenvalue weighted by atomic mass is 16.5. The molecule has 0 aliphatic carbocycles. The fourth-order valence-electron chi connectivity index (χ4n) is 1.59. The monoisotopic (exact) mass is 205 g/mol. The van der Waals surface area contributed by atoms with Gasteiger partial charge in [-0.15, -0.1) is 0 Å². The molecule has 0 atom stereocenters. The van der Waals surface area contributed by atoms with Gasteiger partial charge in [-0.3, -0.25) is 4.98 Å². The molecule has 1 fully saturated rings. The minimum atomic E-state index is 0.763. The van der Waals surface area contributed by atoms with Crippen molar-refractivity contribution in [2.75, 3.05) is 31.2 Å². The average molecular weight is 205 g/mol. The van der Waals surface area contributed by atoms with Crippen LogP contribution in [0.4, 0.5) is 5.82 Å². The topological polar surface area (TPSA) is 38.2 Å². The van der Waals surface area contributed by atoms with Crippen LogP contribution in [0.1, 0.15) is 11.4 Å². The summed E-state index contributed by atoms with van der Waals surface area (Å²) < 4.78 is 5.29. The van der Waals surface area contributed by atoms with Gasteiger partial charge in [0, 0.05) is 13.1 Å². The lowest BCUT2D eigenvalue weighted by molar-refractivity contribution is 0.122. The van der Waals surface area contributed by atoms with Crippen LogP contribution in [0.5, 0.6) is 0 Å². The van der Waals surface area contributed by atoms with Gasteiger partial charge in [-0.1, -0.05) is 6.58 Å². The number of nitrogens with zero attached hydrogens (tertiary/aromatic N) is 3. The van der Waals surface area contributed by atoms with Crippen molar-refractivity contribution in [2.45, 2.75) is 6.92 Å². The standard InChI is InChI=1S/C11H15N3O/c1-3-10-9(2)12-8-11(13-10)14-4-6-15-7-5-14/h3,8H,1,4-7H2,2H3. The molecule has 0 radical (unpaired) electrons. The van der Waals surface area contributed by atoms with Gasteiger partial charge in [0.25, 0.3) is 0 Å². The Morgan fingerprint density at radius 3 is 2.87 bits per heavy atom. The molecular formula is C11H15N3O. The number of anilines is 1. The zero-order valence-corrected chi connectivity index (χ0v) is 8.94. The first kappa shape index (κ1) is 10.1. The molecule has 0 saturated carbocycles. The molecule has 0 bridgehead atoms. The molecule has 0 N–H and O–H groups in total. The third kappa shape index (κ3) is 2.15. The number of ether oxygens (including phenoxy) is 1. The van der Waals surface area contributed by atoms with Crippen molar-refractivity contribution in [2.24, 2.45) is 0 Å². The quantitative estimate of drug-likeness (QED) is 0.728. The fraction of sp³-hybridized carbons (Fsp3) is 0.455. The van der Waals surface area contributed by atoms with E-state index in [4.69, 9.17) is 4.74 Å². The molecule has 2 heterocycles. The van der Waals surface area contributed by atoms with Crippen molar-refractivity contribution in [1.82, 2.24) is 9.97 Å². The number of aryl methyl sites for hydroxylation is 1. The second-order valence-electron chi connectivity index (χ2n) is 3.50. The lowest BCUT2D eigenvalue weighted by Crippen LogP contribution is -2.36. The smallest absolute Gasteiger partial charge is 0.147 e. The lowest BCUT2D eigenvalue weighted by atomic mass is 10.3. The van der Waals surface area contributed by atoms with E-state index in [0.717, 1.165) is 43.5 Å². The summed E-state index contributed by atoms with van der Waals surface area (Å²) in [6.07, 6.45) is 3.56. The van der Waals surface area contributed by atoms with Crippen molar-refractivity contribution in [1.29, 1.82) is 0 Å². The normalized spacial score (nSPS) is 16.5. The highest BCUT2D eigenvalue weighted by Crippen LogP contribution is 2.14. The van der Waals surface area contributed by atoms with Crippen molar-refractivity contribution in [3.8, 4) is 0 Å². The molecule has 0 amide bonds. The van der Waals surface area contributed by atoms with E-state index in [0.29, 0.717) is 0 Å². The minimum Gasteiger partial charge on any atom is -0.378 e. The van der Waals surface area contributed by atoms with Crippen LogP contribution in [-0.2, 0) is 4.74 Å². The van der Waals surface area contributed by atoms with E-state index in [1.165, 1.54) is 0 Å². The van der Waals surface area contributed by atoms with Crippen molar-refractivity contribution in [3.05, 3.63) is 24.2 Å². The van der Waals surface area contributed by atoms with Gasteiger partial charge in [0.05, 0.1) is 30.8 Å². The van der Waals surface area contributed by atoms with Gasteiger partial charge >= 0.3 is 0 Å². The average Bonchev–Trinajstić information content (AvgIpc) is 2.31. The van der Waals surface area contributed by atoms with Gasteiger partial charge in [0.15, 0.2) is 0 Å². The zero-order valence-electron chi connectivity index (χ0n) is 8.94. The molecule has 1 aliphatic heterocycles. The van der Waals surface area contributed by atoms with Crippen LogP contribution in [0.25, 0.3) is 6.08 Å². The number of aromatic nitrogens is 2. The number of hydrogen-bond donors (Lipinski definition) is 0. The third-order valence-corrected chi connectivity index (χ3v) is 2.51. The SMILES string of the molecule is C=Cc1nc(N2CCOCC2)cnc1C. The third-order valence-electron chi connectivity index (χ3n) is 2.51. The summed E-state index contributed by atoms with van der Waals surface area (Å²) in [5.74, 6) is 0.916. The highest BCUT2D eigenvalue weighted by Gasteiger charge is 2.13. The summed E-state index contributed by atoms with van der Waals surface area (Å²) in [7, 11) is 0. The van der Waals surface area contributed by atoms with E-state index < -0.39 is 0 Å². The van der Waals surface area contributed by atoms with Crippen LogP contribution in [0.3, 0.4) is 0 Å². The minimum absolute atomic E-state index is 0.763. The van der Waals surface area contributed by atoms with Crippen LogP contribution in [0.2, 0.25) is 0 Å². The van der Waals surface area contributed by atoms with E-state index in [2.05, 4.69) is 21.4 Å². The maximum Gasteiger partial charge on any atom is 0.147 e. The van der Waals surface area contributed by atoms with E-state index in [-0.39, 0.29) is 0 Å². The predicted octanol–water partition coefficient (Wildman–Crippen LogP) is 1.26. The highest BCUT2D eigenvalue weighted by molar-refractivity contribution is 5.49. The Kier molecular flexibility index (Phi) is 2.97. The first-order valence-corrected chi connectivity index (χ1v) is 5.10.